The van der Waals surface area contributed by atoms with Crippen molar-refractivity contribution in [2.75, 3.05) is 6.54 Å². The first-order valence-corrected chi connectivity index (χ1v) is 6.75. The van der Waals surface area contributed by atoms with Crippen molar-refractivity contribution >= 4 is 11.6 Å². The first-order chi connectivity index (χ1) is 8.49. The van der Waals surface area contributed by atoms with Gasteiger partial charge in [-0.2, -0.15) is 0 Å². The summed E-state index contributed by atoms with van der Waals surface area (Å²) in [5.74, 6) is 1.50. The van der Waals surface area contributed by atoms with Crippen molar-refractivity contribution in [1.29, 1.82) is 0 Å². The van der Waals surface area contributed by atoms with Gasteiger partial charge < -0.3 is 10.4 Å². The van der Waals surface area contributed by atoms with Gasteiger partial charge in [0, 0.05) is 25.4 Å². The van der Waals surface area contributed by atoms with E-state index in [1.54, 1.807) is 0 Å². The van der Waals surface area contributed by atoms with Crippen LogP contribution in [0, 0.1) is 11.8 Å². The summed E-state index contributed by atoms with van der Waals surface area (Å²) in [5.41, 5.74) is 0.429. The number of amidine groups is 1. The summed E-state index contributed by atoms with van der Waals surface area (Å²) in [5, 5.41) is 13.3. The number of carbonyl (C=O) groups excluding carboxylic acids is 1. The monoisotopic (exact) mass is 250 g/mol. The second kappa shape index (κ2) is 5.12. The zero-order valence-electron chi connectivity index (χ0n) is 11.4. The number of aliphatic hydroxyl groups excluding tert-OH is 1. The molecule has 0 saturated heterocycles. The molecule has 2 aliphatic rings. The fourth-order valence-electron chi connectivity index (χ4n) is 2.54. The number of nitrogens with zero attached hydrogens (tertiary/aromatic N) is 1. The van der Waals surface area contributed by atoms with Gasteiger partial charge in [-0.1, -0.05) is 13.8 Å². The highest BCUT2D eigenvalue weighted by atomic mass is 16.3. The SMILES string of the molecule is CC1CCN=C(C2=C(O)CC(C(C)C)CC2=O)N1. The van der Waals surface area contributed by atoms with Crippen LogP contribution in [0.3, 0.4) is 0 Å². The summed E-state index contributed by atoms with van der Waals surface area (Å²) in [7, 11) is 0. The third-order valence-corrected chi connectivity index (χ3v) is 3.87. The molecule has 1 aliphatic heterocycles. The predicted octanol–water partition coefficient (Wildman–Crippen LogP) is 2.21. The highest BCUT2D eigenvalue weighted by Crippen LogP contribution is 2.31. The molecule has 2 N–H and O–H groups in total. The average molecular weight is 250 g/mol. The number of hydrogen-bond acceptors (Lipinski definition) is 4. The van der Waals surface area contributed by atoms with Crippen LogP contribution in [0.4, 0.5) is 0 Å². The van der Waals surface area contributed by atoms with Crippen molar-refractivity contribution in [2.24, 2.45) is 16.8 Å². The minimum atomic E-state index is 0.0257. The van der Waals surface area contributed by atoms with Crippen LogP contribution in [0.25, 0.3) is 0 Å². The molecule has 0 aromatic carbocycles. The fourth-order valence-corrected chi connectivity index (χ4v) is 2.54. The van der Waals surface area contributed by atoms with Crippen molar-refractivity contribution in [3.63, 3.8) is 0 Å². The van der Waals surface area contributed by atoms with Crippen LogP contribution in [0.15, 0.2) is 16.3 Å². The number of rotatable bonds is 2. The molecule has 18 heavy (non-hydrogen) atoms. The molecule has 100 valence electrons. The molecule has 0 spiro atoms. The highest BCUT2D eigenvalue weighted by molar-refractivity contribution is 6.22. The Labute approximate surface area is 108 Å². The van der Waals surface area contributed by atoms with E-state index >= 15 is 0 Å². The average Bonchev–Trinajstić information content (AvgIpc) is 2.27. The van der Waals surface area contributed by atoms with E-state index in [0.717, 1.165) is 13.0 Å². The number of hydrogen-bond donors (Lipinski definition) is 2. The Morgan fingerprint density at radius 1 is 1.39 bits per heavy atom. The van der Waals surface area contributed by atoms with E-state index in [9.17, 15) is 9.90 Å². The van der Waals surface area contributed by atoms with Crippen LogP contribution in [-0.4, -0.2) is 29.3 Å². The quantitative estimate of drug-likeness (QED) is 0.790. The minimum Gasteiger partial charge on any atom is -0.511 e. The normalized spacial score (nSPS) is 29.3. The third kappa shape index (κ3) is 2.57. The Bertz CT molecular complexity index is 410. The summed E-state index contributed by atoms with van der Waals surface area (Å²) >= 11 is 0. The van der Waals surface area contributed by atoms with Crippen molar-refractivity contribution in [3.05, 3.63) is 11.3 Å². The maximum absolute atomic E-state index is 12.2. The number of aliphatic hydroxyl groups is 1. The summed E-state index contributed by atoms with van der Waals surface area (Å²) < 4.78 is 0. The van der Waals surface area contributed by atoms with Gasteiger partial charge in [0.2, 0.25) is 0 Å². The molecule has 2 rings (SSSR count). The van der Waals surface area contributed by atoms with Crippen LogP contribution < -0.4 is 5.32 Å². The number of ketones is 1. The Hall–Kier alpha value is -1.32. The lowest BCUT2D eigenvalue weighted by Gasteiger charge is -2.29. The van der Waals surface area contributed by atoms with Gasteiger partial charge >= 0.3 is 0 Å². The van der Waals surface area contributed by atoms with E-state index in [4.69, 9.17) is 0 Å². The van der Waals surface area contributed by atoms with Crippen molar-refractivity contribution in [2.45, 2.75) is 46.1 Å². The highest BCUT2D eigenvalue weighted by Gasteiger charge is 2.32. The molecule has 0 saturated carbocycles. The van der Waals surface area contributed by atoms with Crippen LogP contribution in [0.2, 0.25) is 0 Å². The number of aliphatic imine (C=N–C) groups is 1. The van der Waals surface area contributed by atoms with Crippen LogP contribution in [-0.2, 0) is 4.79 Å². The lowest BCUT2D eigenvalue weighted by molar-refractivity contribution is -0.117. The Kier molecular flexibility index (Phi) is 3.73. The Balaban J connectivity index is 2.24. The maximum Gasteiger partial charge on any atom is 0.170 e. The molecule has 0 aromatic rings. The Morgan fingerprint density at radius 3 is 2.67 bits per heavy atom. The number of Topliss-reactive ketones (excluding diaryl/α,β-unsaturated/α-hetero) is 1. The van der Waals surface area contributed by atoms with Crippen molar-refractivity contribution in [1.82, 2.24) is 5.32 Å². The van der Waals surface area contributed by atoms with E-state index in [1.807, 2.05) is 0 Å². The van der Waals surface area contributed by atoms with E-state index in [1.165, 1.54) is 0 Å². The zero-order chi connectivity index (χ0) is 13.3. The second-order valence-electron chi connectivity index (χ2n) is 5.72. The van der Waals surface area contributed by atoms with E-state index in [0.29, 0.717) is 36.2 Å². The molecule has 4 nitrogen and oxygen atoms in total. The molecule has 0 bridgehead atoms. The molecule has 2 unspecified atom stereocenters. The molecule has 0 aromatic heterocycles. The molecule has 2 atom stereocenters. The number of allylic oxidation sites excluding steroid dienone is 1. The zero-order valence-corrected chi connectivity index (χ0v) is 11.4. The first-order valence-electron chi connectivity index (χ1n) is 6.75. The molecule has 1 heterocycles. The largest absolute Gasteiger partial charge is 0.511 e. The van der Waals surface area contributed by atoms with Gasteiger partial charge in [0.25, 0.3) is 0 Å². The van der Waals surface area contributed by atoms with Gasteiger partial charge in [-0.15, -0.1) is 0 Å². The molecule has 0 amide bonds. The topological polar surface area (TPSA) is 61.7 Å². The fraction of sp³-hybridized carbons (Fsp3) is 0.714. The summed E-state index contributed by atoms with van der Waals surface area (Å²) in [4.78, 5) is 16.5. The standard InChI is InChI=1S/C14H22N2O2/c1-8(2)10-6-11(17)13(12(18)7-10)14-15-5-4-9(3)16-14/h8-10,17H,4-7H2,1-3H3,(H,15,16). The molecule has 0 radical (unpaired) electrons. The number of carbonyl (C=O) groups is 1. The molecule has 1 aliphatic carbocycles. The predicted molar refractivity (Wildman–Crippen MR) is 71.7 cm³/mol. The molecule has 0 fully saturated rings. The smallest absolute Gasteiger partial charge is 0.170 e. The minimum absolute atomic E-state index is 0.0257. The molecule has 4 heteroatoms. The Morgan fingerprint density at radius 2 is 2.11 bits per heavy atom. The van der Waals surface area contributed by atoms with Gasteiger partial charge in [0.1, 0.15) is 11.6 Å². The summed E-state index contributed by atoms with van der Waals surface area (Å²) in [6, 6.07) is 0.313. The van der Waals surface area contributed by atoms with Crippen molar-refractivity contribution < 1.29 is 9.90 Å². The van der Waals surface area contributed by atoms with Gasteiger partial charge in [-0.3, -0.25) is 9.79 Å². The lowest BCUT2D eigenvalue weighted by Crippen LogP contribution is -2.41. The van der Waals surface area contributed by atoms with Crippen LogP contribution in [0.1, 0.15) is 40.0 Å². The van der Waals surface area contributed by atoms with Crippen molar-refractivity contribution in [3.8, 4) is 0 Å². The van der Waals surface area contributed by atoms with Gasteiger partial charge in [-0.05, 0) is 25.2 Å². The van der Waals surface area contributed by atoms with Crippen LogP contribution >= 0.6 is 0 Å². The van der Waals surface area contributed by atoms with Gasteiger partial charge in [0.05, 0.1) is 5.57 Å². The van der Waals surface area contributed by atoms with E-state index in [-0.39, 0.29) is 17.5 Å². The van der Waals surface area contributed by atoms with E-state index < -0.39 is 0 Å². The molecular weight excluding hydrogens is 228 g/mol. The maximum atomic E-state index is 12.2. The first kappa shape index (κ1) is 13.1. The second-order valence-corrected chi connectivity index (χ2v) is 5.72. The molecular formula is C14H22N2O2. The number of nitrogens with one attached hydrogen (secondary N) is 1. The summed E-state index contributed by atoms with van der Waals surface area (Å²) in [6.45, 7) is 6.97. The third-order valence-electron chi connectivity index (χ3n) is 3.87. The van der Waals surface area contributed by atoms with Crippen LogP contribution in [0.5, 0.6) is 0 Å². The van der Waals surface area contributed by atoms with Gasteiger partial charge in [0.15, 0.2) is 5.78 Å². The summed E-state index contributed by atoms with van der Waals surface area (Å²) in [6.07, 6.45) is 2.08. The van der Waals surface area contributed by atoms with Gasteiger partial charge in [-0.25, -0.2) is 0 Å². The van der Waals surface area contributed by atoms with E-state index in [2.05, 4.69) is 31.1 Å². The lowest BCUT2D eigenvalue weighted by atomic mass is 9.80.